The molecule has 0 aliphatic rings. The van der Waals surface area contributed by atoms with Crippen LogP contribution in [0.2, 0.25) is 0 Å². The van der Waals surface area contributed by atoms with E-state index in [2.05, 4.69) is 10.9 Å². The quantitative estimate of drug-likeness (QED) is 0.830. The first kappa shape index (κ1) is 13.1. The molecule has 0 saturated carbocycles. The molecule has 0 aliphatic carbocycles. The van der Waals surface area contributed by atoms with Crippen LogP contribution < -0.4 is 10.9 Å². The maximum atomic E-state index is 11.8. The van der Waals surface area contributed by atoms with Gasteiger partial charge in [-0.3, -0.25) is 15.6 Å². The molecule has 0 bridgehead atoms. The Morgan fingerprint density at radius 1 is 0.850 bits per heavy atom. The van der Waals surface area contributed by atoms with Crippen LogP contribution in [0.4, 0.5) is 5.69 Å². The molecule has 0 radical (unpaired) electrons. The molecule has 0 unspecified atom stereocenters. The lowest BCUT2D eigenvalue weighted by Crippen LogP contribution is -2.29. The van der Waals surface area contributed by atoms with E-state index < -0.39 is 0 Å². The molecule has 96 valence electrons. The van der Waals surface area contributed by atoms with Gasteiger partial charge in [-0.25, -0.2) is 0 Å². The van der Waals surface area contributed by atoms with E-state index in [0.717, 1.165) is 0 Å². The number of anilines is 1. The molecule has 0 spiro atoms. The van der Waals surface area contributed by atoms with E-state index in [-0.39, 0.29) is 5.91 Å². The fraction of sp³-hybridized carbons (Fsp3) is 0. The summed E-state index contributed by atoms with van der Waals surface area (Å²) in [5, 5.41) is 17.4. The molecule has 0 atom stereocenters. The summed E-state index contributed by atoms with van der Waals surface area (Å²) in [4.78, 5) is 11.8. The molecular weight excluding hydrogens is 252 g/mol. The molecular formula is C15H10N4O. The molecule has 2 N–H and O–H groups in total. The van der Waals surface area contributed by atoms with Crippen LogP contribution in [-0.2, 0) is 0 Å². The summed E-state index contributed by atoms with van der Waals surface area (Å²) in [6.45, 7) is 0. The average molecular weight is 262 g/mol. The number of nitrogens with zero attached hydrogens (tertiary/aromatic N) is 2. The first-order valence-corrected chi connectivity index (χ1v) is 5.79. The van der Waals surface area contributed by atoms with Gasteiger partial charge in [0.2, 0.25) is 0 Å². The lowest BCUT2D eigenvalue weighted by Gasteiger charge is -2.08. The van der Waals surface area contributed by atoms with Gasteiger partial charge in [0, 0.05) is 5.56 Å². The fourth-order valence-electron chi connectivity index (χ4n) is 1.53. The zero-order chi connectivity index (χ0) is 14.4. The van der Waals surface area contributed by atoms with Gasteiger partial charge >= 0.3 is 0 Å². The van der Waals surface area contributed by atoms with E-state index in [1.54, 1.807) is 48.5 Å². The number of carbonyl (C=O) groups excluding carboxylic acids is 1. The lowest BCUT2D eigenvalue weighted by molar-refractivity contribution is 0.0962. The first-order chi connectivity index (χ1) is 9.72. The zero-order valence-corrected chi connectivity index (χ0v) is 10.4. The summed E-state index contributed by atoms with van der Waals surface area (Å²) < 4.78 is 0. The highest BCUT2D eigenvalue weighted by Gasteiger charge is 2.04. The van der Waals surface area contributed by atoms with Gasteiger partial charge in [0.25, 0.3) is 5.91 Å². The van der Waals surface area contributed by atoms with Crippen molar-refractivity contribution in [2.24, 2.45) is 0 Å². The highest BCUT2D eigenvalue weighted by molar-refractivity contribution is 5.94. The molecule has 2 aromatic rings. The average Bonchev–Trinajstić information content (AvgIpc) is 2.53. The number of benzene rings is 2. The molecule has 2 rings (SSSR count). The van der Waals surface area contributed by atoms with E-state index in [4.69, 9.17) is 10.5 Å². The van der Waals surface area contributed by atoms with Crippen LogP contribution in [0.1, 0.15) is 21.5 Å². The van der Waals surface area contributed by atoms with Crippen molar-refractivity contribution in [2.75, 3.05) is 5.43 Å². The second-order valence-corrected chi connectivity index (χ2v) is 3.96. The Balaban J connectivity index is 1.97. The van der Waals surface area contributed by atoms with Crippen LogP contribution in [0.3, 0.4) is 0 Å². The third kappa shape index (κ3) is 3.12. The Kier molecular flexibility index (Phi) is 3.96. The SMILES string of the molecule is N#Cc1ccc(NNC(=O)c2ccc(C#N)cc2)cc1. The van der Waals surface area contributed by atoms with Gasteiger partial charge in [-0.05, 0) is 48.5 Å². The number of hydrogen-bond acceptors (Lipinski definition) is 4. The largest absolute Gasteiger partial charge is 0.298 e. The van der Waals surface area contributed by atoms with Crippen molar-refractivity contribution in [3.8, 4) is 12.1 Å². The highest BCUT2D eigenvalue weighted by Crippen LogP contribution is 2.08. The first-order valence-electron chi connectivity index (χ1n) is 5.79. The number of nitrogens with one attached hydrogen (secondary N) is 2. The van der Waals surface area contributed by atoms with Gasteiger partial charge in [-0.2, -0.15) is 10.5 Å². The maximum Gasteiger partial charge on any atom is 0.269 e. The van der Waals surface area contributed by atoms with Crippen LogP contribution in [0.5, 0.6) is 0 Å². The van der Waals surface area contributed by atoms with Crippen LogP contribution in [0, 0.1) is 22.7 Å². The second-order valence-electron chi connectivity index (χ2n) is 3.96. The monoisotopic (exact) mass is 262 g/mol. The van der Waals surface area contributed by atoms with Crippen molar-refractivity contribution in [1.29, 1.82) is 10.5 Å². The standard InChI is InChI=1S/C15H10N4O/c16-9-11-1-5-13(6-2-11)15(20)19-18-14-7-3-12(10-17)4-8-14/h1-8,18H,(H,19,20). The van der Waals surface area contributed by atoms with Crippen LogP contribution in [0.25, 0.3) is 0 Å². The Labute approximate surface area is 116 Å². The van der Waals surface area contributed by atoms with Gasteiger partial charge in [-0.1, -0.05) is 0 Å². The fourth-order valence-corrected chi connectivity index (χ4v) is 1.53. The third-order valence-electron chi connectivity index (χ3n) is 2.61. The molecule has 5 heteroatoms. The molecule has 0 saturated heterocycles. The maximum absolute atomic E-state index is 11.8. The second kappa shape index (κ2) is 6.03. The number of hydrogen-bond donors (Lipinski definition) is 2. The minimum atomic E-state index is -0.307. The smallest absolute Gasteiger partial charge is 0.269 e. The Bertz CT molecular complexity index is 691. The van der Waals surface area contributed by atoms with Crippen molar-refractivity contribution < 1.29 is 4.79 Å². The van der Waals surface area contributed by atoms with Gasteiger partial charge < -0.3 is 0 Å². The van der Waals surface area contributed by atoms with E-state index in [0.29, 0.717) is 22.4 Å². The van der Waals surface area contributed by atoms with Crippen molar-refractivity contribution in [2.45, 2.75) is 0 Å². The molecule has 0 fully saturated rings. The summed E-state index contributed by atoms with van der Waals surface area (Å²) in [7, 11) is 0. The Morgan fingerprint density at radius 2 is 1.35 bits per heavy atom. The summed E-state index contributed by atoms with van der Waals surface area (Å²) in [6, 6.07) is 17.0. The van der Waals surface area contributed by atoms with E-state index in [1.807, 2.05) is 12.1 Å². The molecule has 1 amide bonds. The van der Waals surface area contributed by atoms with Crippen molar-refractivity contribution in [3.63, 3.8) is 0 Å². The van der Waals surface area contributed by atoms with Crippen LogP contribution in [-0.4, -0.2) is 5.91 Å². The number of rotatable bonds is 3. The summed E-state index contributed by atoms with van der Waals surface area (Å²) in [5.74, 6) is -0.307. The summed E-state index contributed by atoms with van der Waals surface area (Å²) in [6.07, 6.45) is 0. The van der Waals surface area contributed by atoms with Gasteiger partial charge in [0.05, 0.1) is 29.0 Å². The predicted octanol–water partition coefficient (Wildman–Crippen LogP) is 2.19. The van der Waals surface area contributed by atoms with E-state index >= 15 is 0 Å². The third-order valence-corrected chi connectivity index (χ3v) is 2.61. The molecule has 0 aliphatic heterocycles. The summed E-state index contributed by atoms with van der Waals surface area (Å²) >= 11 is 0. The Hall–Kier alpha value is -3.31. The minimum Gasteiger partial charge on any atom is -0.298 e. The number of nitriles is 2. The molecule has 2 aromatic carbocycles. The Morgan fingerprint density at radius 3 is 1.85 bits per heavy atom. The molecule has 0 aromatic heterocycles. The number of hydrazine groups is 1. The van der Waals surface area contributed by atoms with Crippen LogP contribution in [0.15, 0.2) is 48.5 Å². The van der Waals surface area contributed by atoms with Gasteiger partial charge in [-0.15, -0.1) is 0 Å². The normalized spacial score (nSPS) is 9.10. The van der Waals surface area contributed by atoms with Crippen molar-refractivity contribution in [1.82, 2.24) is 5.43 Å². The topological polar surface area (TPSA) is 88.7 Å². The van der Waals surface area contributed by atoms with Gasteiger partial charge in [0.1, 0.15) is 0 Å². The van der Waals surface area contributed by atoms with E-state index in [9.17, 15) is 4.79 Å². The highest BCUT2D eigenvalue weighted by atomic mass is 16.2. The van der Waals surface area contributed by atoms with Crippen molar-refractivity contribution >= 4 is 11.6 Å². The number of carbonyl (C=O) groups is 1. The van der Waals surface area contributed by atoms with Crippen molar-refractivity contribution in [3.05, 3.63) is 65.2 Å². The predicted molar refractivity (Wildman–Crippen MR) is 73.4 cm³/mol. The number of amides is 1. The molecule has 0 heterocycles. The van der Waals surface area contributed by atoms with Gasteiger partial charge in [0.15, 0.2) is 0 Å². The lowest BCUT2D eigenvalue weighted by atomic mass is 10.1. The molecule has 20 heavy (non-hydrogen) atoms. The van der Waals surface area contributed by atoms with Crippen LogP contribution >= 0.6 is 0 Å². The minimum absolute atomic E-state index is 0.307. The summed E-state index contributed by atoms with van der Waals surface area (Å²) in [5.41, 5.74) is 7.46. The van der Waals surface area contributed by atoms with E-state index in [1.165, 1.54) is 0 Å². The molecule has 5 nitrogen and oxygen atoms in total. The zero-order valence-electron chi connectivity index (χ0n) is 10.4.